The summed E-state index contributed by atoms with van der Waals surface area (Å²) in [7, 11) is 0. The molecule has 1 atom stereocenters. The van der Waals surface area contributed by atoms with Gasteiger partial charge in [0.25, 0.3) is 0 Å². The van der Waals surface area contributed by atoms with Crippen LogP contribution in [-0.2, 0) is 0 Å². The Morgan fingerprint density at radius 2 is 2.29 bits per heavy atom. The number of amides is 2. The van der Waals surface area contributed by atoms with Crippen molar-refractivity contribution in [3.8, 4) is 12.3 Å². The number of hydrogen-bond donors (Lipinski definition) is 2. The molecule has 1 aromatic carbocycles. The van der Waals surface area contributed by atoms with Crippen molar-refractivity contribution in [1.82, 2.24) is 5.32 Å². The summed E-state index contributed by atoms with van der Waals surface area (Å²) in [5.41, 5.74) is 1.63. The predicted octanol–water partition coefficient (Wildman–Crippen LogP) is 3.18. The third-order valence-corrected chi connectivity index (χ3v) is 2.64. The maximum Gasteiger partial charge on any atom is 0.319 e. The Kier molecular flexibility index (Phi) is 4.86. The first kappa shape index (κ1) is 13.4. The van der Waals surface area contributed by atoms with Crippen LogP contribution in [0.1, 0.15) is 18.9 Å². The number of carbonyl (C=O) groups excluding carboxylic acids is 1. The third-order valence-electron chi connectivity index (χ3n) is 2.23. The number of hydrogen-bond acceptors (Lipinski definition) is 1. The average molecular weight is 251 g/mol. The van der Waals surface area contributed by atoms with Crippen molar-refractivity contribution < 1.29 is 4.79 Å². The molecule has 17 heavy (non-hydrogen) atoms. The Morgan fingerprint density at radius 1 is 1.59 bits per heavy atom. The van der Waals surface area contributed by atoms with E-state index in [1.54, 1.807) is 12.1 Å². The van der Waals surface area contributed by atoms with E-state index in [0.29, 0.717) is 17.1 Å². The average Bonchev–Trinajstić information content (AvgIpc) is 2.23. The first-order chi connectivity index (χ1) is 8.02. The number of anilines is 1. The minimum Gasteiger partial charge on any atom is -0.334 e. The molecular formula is C13H15ClN2O. The molecule has 3 nitrogen and oxygen atoms in total. The van der Waals surface area contributed by atoms with Gasteiger partial charge in [-0.05, 0) is 31.5 Å². The van der Waals surface area contributed by atoms with Crippen LogP contribution in [0.4, 0.5) is 10.5 Å². The molecule has 0 spiro atoms. The molecule has 0 fully saturated rings. The van der Waals surface area contributed by atoms with Crippen LogP contribution in [0.2, 0.25) is 5.02 Å². The quantitative estimate of drug-likeness (QED) is 0.795. The summed E-state index contributed by atoms with van der Waals surface area (Å²) < 4.78 is 0. The van der Waals surface area contributed by atoms with Crippen LogP contribution in [0, 0.1) is 19.3 Å². The Morgan fingerprint density at radius 3 is 2.88 bits per heavy atom. The molecule has 0 aromatic heterocycles. The Hall–Kier alpha value is -1.66. The summed E-state index contributed by atoms with van der Waals surface area (Å²) in [6, 6.07) is 5.02. The van der Waals surface area contributed by atoms with Crippen LogP contribution in [0.3, 0.4) is 0 Å². The fraction of sp³-hybridized carbons (Fsp3) is 0.308. The van der Waals surface area contributed by atoms with E-state index >= 15 is 0 Å². The van der Waals surface area contributed by atoms with Crippen molar-refractivity contribution in [3.05, 3.63) is 28.8 Å². The maximum absolute atomic E-state index is 11.6. The molecule has 0 aliphatic heterocycles. The van der Waals surface area contributed by atoms with Gasteiger partial charge in [0.1, 0.15) is 0 Å². The lowest BCUT2D eigenvalue weighted by Crippen LogP contribution is -2.35. The van der Waals surface area contributed by atoms with Crippen LogP contribution in [0.25, 0.3) is 0 Å². The molecule has 0 heterocycles. The highest BCUT2D eigenvalue weighted by atomic mass is 35.5. The lowest BCUT2D eigenvalue weighted by Gasteiger charge is -2.12. The molecule has 1 rings (SSSR count). The summed E-state index contributed by atoms with van der Waals surface area (Å²) in [4.78, 5) is 11.6. The van der Waals surface area contributed by atoms with Gasteiger partial charge in [-0.15, -0.1) is 12.3 Å². The highest BCUT2D eigenvalue weighted by Gasteiger charge is 2.06. The fourth-order valence-electron chi connectivity index (χ4n) is 1.29. The highest BCUT2D eigenvalue weighted by molar-refractivity contribution is 6.31. The Labute approximate surface area is 107 Å². The van der Waals surface area contributed by atoms with Crippen molar-refractivity contribution in [2.24, 2.45) is 0 Å². The Bertz CT molecular complexity index is 451. The topological polar surface area (TPSA) is 41.1 Å². The van der Waals surface area contributed by atoms with Gasteiger partial charge in [-0.1, -0.05) is 17.7 Å². The third kappa shape index (κ3) is 4.38. The zero-order valence-corrected chi connectivity index (χ0v) is 10.6. The summed E-state index contributed by atoms with van der Waals surface area (Å²) in [6.07, 6.45) is 5.66. The maximum atomic E-state index is 11.6. The normalized spacial score (nSPS) is 11.4. The molecule has 1 unspecified atom stereocenters. The fourth-order valence-corrected chi connectivity index (χ4v) is 1.47. The molecule has 0 radical (unpaired) electrons. The lowest BCUT2D eigenvalue weighted by atomic mass is 10.2. The van der Waals surface area contributed by atoms with Crippen LogP contribution in [0.15, 0.2) is 18.2 Å². The van der Waals surface area contributed by atoms with Crippen molar-refractivity contribution in [1.29, 1.82) is 0 Å². The standard InChI is InChI=1S/C13H15ClN2O/c1-4-5-10(3)15-13(17)16-11-7-6-9(2)12(14)8-11/h1,6-8,10H,5H2,2-3H3,(H2,15,16,17). The number of halogens is 1. The van der Waals surface area contributed by atoms with Gasteiger partial charge in [-0.2, -0.15) is 0 Å². The van der Waals surface area contributed by atoms with Crippen LogP contribution < -0.4 is 10.6 Å². The number of carbonyl (C=O) groups is 1. The Balaban J connectivity index is 2.57. The first-order valence-corrected chi connectivity index (χ1v) is 5.68. The van der Waals surface area contributed by atoms with Gasteiger partial charge in [0.05, 0.1) is 0 Å². The van der Waals surface area contributed by atoms with E-state index < -0.39 is 0 Å². The van der Waals surface area contributed by atoms with Gasteiger partial charge in [0, 0.05) is 23.2 Å². The summed E-state index contributed by atoms with van der Waals surface area (Å²) in [6.45, 7) is 3.75. The smallest absolute Gasteiger partial charge is 0.319 e. The van der Waals surface area contributed by atoms with Crippen molar-refractivity contribution in [2.75, 3.05) is 5.32 Å². The van der Waals surface area contributed by atoms with Crippen molar-refractivity contribution in [3.63, 3.8) is 0 Å². The van der Waals surface area contributed by atoms with E-state index in [2.05, 4.69) is 16.6 Å². The molecule has 90 valence electrons. The molecule has 2 N–H and O–H groups in total. The highest BCUT2D eigenvalue weighted by Crippen LogP contribution is 2.19. The number of benzene rings is 1. The molecule has 0 aliphatic carbocycles. The molecule has 0 saturated carbocycles. The van der Waals surface area contributed by atoms with Crippen LogP contribution in [-0.4, -0.2) is 12.1 Å². The zero-order valence-electron chi connectivity index (χ0n) is 9.88. The second kappa shape index (κ2) is 6.17. The van der Waals surface area contributed by atoms with Gasteiger partial charge in [-0.25, -0.2) is 4.79 Å². The number of urea groups is 1. The second-order valence-corrected chi connectivity index (χ2v) is 4.28. The second-order valence-electron chi connectivity index (χ2n) is 3.87. The number of rotatable bonds is 3. The van der Waals surface area contributed by atoms with Gasteiger partial charge in [-0.3, -0.25) is 0 Å². The number of aryl methyl sites for hydroxylation is 1. The molecular weight excluding hydrogens is 236 g/mol. The summed E-state index contributed by atoms with van der Waals surface area (Å²) in [5, 5.41) is 6.05. The molecule has 2 amide bonds. The van der Waals surface area contributed by atoms with Crippen LogP contribution >= 0.6 is 11.6 Å². The molecule has 4 heteroatoms. The van der Waals surface area contributed by atoms with E-state index in [1.807, 2.05) is 19.9 Å². The van der Waals surface area contributed by atoms with E-state index in [-0.39, 0.29) is 12.1 Å². The summed E-state index contributed by atoms with van der Waals surface area (Å²) in [5.74, 6) is 2.49. The molecule has 0 aliphatic rings. The van der Waals surface area contributed by atoms with Gasteiger partial charge in [0.15, 0.2) is 0 Å². The summed E-state index contributed by atoms with van der Waals surface area (Å²) >= 11 is 5.95. The van der Waals surface area contributed by atoms with Gasteiger partial charge < -0.3 is 10.6 Å². The molecule has 0 bridgehead atoms. The van der Waals surface area contributed by atoms with E-state index in [4.69, 9.17) is 18.0 Å². The van der Waals surface area contributed by atoms with Crippen molar-refractivity contribution >= 4 is 23.3 Å². The largest absolute Gasteiger partial charge is 0.334 e. The van der Waals surface area contributed by atoms with E-state index in [9.17, 15) is 4.79 Å². The van der Waals surface area contributed by atoms with Crippen molar-refractivity contribution in [2.45, 2.75) is 26.3 Å². The van der Waals surface area contributed by atoms with Crippen LogP contribution in [0.5, 0.6) is 0 Å². The van der Waals surface area contributed by atoms with Gasteiger partial charge >= 0.3 is 6.03 Å². The first-order valence-electron chi connectivity index (χ1n) is 5.30. The predicted molar refractivity (Wildman–Crippen MR) is 71.3 cm³/mol. The monoisotopic (exact) mass is 250 g/mol. The van der Waals surface area contributed by atoms with Gasteiger partial charge in [0.2, 0.25) is 0 Å². The number of terminal acetylenes is 1. The minimum absolute atomic E-state index is 0.0547. The SMILES string of the molecule is C#CCC(C)NC(=O)Nc1ccc(C)c(Cl)c1. The molecule has 0 saturated heterocycles. The number of nitrogens with one attached hydrogen (secondary N) is 2. The van der Waals surface area contributed by atoms with E-state index in [0.717, 1.165) is 5.56 Å². The minimum atomic E-state index is -0.285. The lowest BCUT2D eigenvalue weighted by molar-refractivity contribution is 0.249. The zero-order chi connectivity index (χ0) is 12.8. The molecule has 1 aromatic rings. The van der Waals surface area contributed by atoms with E-state index in [1.165, 1.54) is 0 Å².